The molecule has 0 aliphatic heterocycles. The Hall–Kier alpha value is -1.81. The predicted octanol–water partition coefficient (Wildman–Crippen LogP) is 3.66. The third kappa shape index (κ3) is 2.63. The molecule has 1 N–H and O–H groups in total. The van der Waals surface area contributed by atoms with Crippen molar-refractivity contribution in [2.75, 3.05) is 0 Å². The van der Waals surface area contributed by atoms with Gasteiger partial charge in [0.25, 0.3) is 0 Å². The molecule has 5 heteroatoms. The van der Waals surface area contributed by atoms with Gasteiger partial charge in [0.05, 0.1) is 11.4 Å². The van der Waals surface area contributed by atoms with Gasteiger partial charge in [-0.15, -0.1) is 0 Å². The van der Waals surface area contributed by atoms with Gasteiger partial charge in [0.15, 0.2) is 0 Å². The van der Waals surface area contributed by atoms with Gasteiger partial charge in [-0.1, -0.05) is 25.4 Å². The van der Waals surface area contributed by atoms with Crippen LogP contribution in [0.1, 0.15) is 41.4 Å². The summed E-state index contributed by atoms with van der Waals surface area (Å²) in [6, 6.07) is 5.43. The first kappa shape index (κ1) is 13.6. The lowest BCUT2D eigenvalue weighted by Gasteiger charge is -2.06. The molecule has 0 unspecified atom stereocenters. The molecular weight excluding hydrogens is 264 g/mol. The summed E-state index contributed by atoms with van der Waals surface area (Å²) in [5, 5.41) is 14.2. The molecule has 4 nitrogen and oxygen atoms in total. The fraction of sp³-hybridized carbons (Fsp3) is 0.286. The van der Waals surface area contributed by atoms with Crippen LogP contribution in [-0.4, -0.2) is 20.9 Å². The van der Waals surface area contributed by atoms with Crippen molar-refractivity contribution >= 4 is 17.6 Å². The van der Waals surface area contributed by atoms with E-state index in [9.17, 15) is 9.90 Å². The van der Waals surface area contributed by atoms with E-state index < -0.39 is 5.97 Å². The normalized spacial score (nSPS) is 11.0. The number of hydrogen-bond donors (Lipinski definition) is 1. The molecule has 1 aromatic heterocycles. The highest BCUT2D eigenvalue weighted by atomic mass is 35.5. The second-order valence-corrected chi connectivity index (χ2v) is 5.20. The van der Waals surface area contributed by atoms with Gasteiger partial charge in [-0.05, 0) is 36.6 Å². The lowest BCUT2D eigenvalue weighted by molar-refractivity contribution is 0.0695. The number of nitrogens with zero attached hydrogens (tertiary/aromatic N) is 2. The van der Waals surface area contributed by atoms with Gasteiger partial charge in [-0.25, -0.2) is 9.48 Å². The molecular formula is C14H15ClN2O2. The van der Waals surface area contributed by atoms with Gasteiger partial charge in [-0.3, -0.25) is 0 Å². The van der Waals surface area contributed by atoms with Crippen LogP contribution >= 0.6 is 11.6 Å². The lowest BCUT2D eigenvalue weighted by Crippen LogP contribution is -2.01. The second kappa shape index (κ2) is 5.05. The van der Waals surface area contributed by atoms with Crippen molar-refractivity contribution < 1.29 is 9.90 Å². The van der Waals surface area contributed by atoms with Gasteiger partial charge < -0.3 is 5.11 Å². The van der Waals surface area contributed by atoms with E-state index >= 15 is 0 Å². The number of halogens is 1. The second-order valence-electron chi connectivity index (χ2n) is 4.76. The summed E-state index contributed by atoms with van der Waals surface area (Å²) in [5.41, 5.74) is 2.60. The first-order valence-corrected chi connectivity index (χ1v) is 6.37. The van der Waals surface area contributed by atoms with Crippen LogP contribution in [0.25, 0.3) is 5.69 Å². The third-order valence-electron chi connectivity index (χ3n) is 2.93. The molecule has 1 aromatic carbocycles. The van der Waals surface area contributed by atoms with E-state index in [0.29, 0.717) is 10.7 Å². The van der Waals surface area contributed by atoms with Crippen LogP contribution in [0.4, 0.5) is 0 Å². The Bertz CT molecular complexity index is 632. The fourth-order valence-corrected chi connectivity index (χ4v) is 2.20. The Labute approximate surface area is 116 Å². The molecule has 2 aromatic rings. The highest BCUT2D eigenvalue weighted by Crippen LogP contribution is 2.23. The number of aromatic carboxylic acids is 1. The van der Waals surface area contributed by atoms with Crippen molar-refractivity contribution in [1.82, 2.24) is 9.78 Å². The minimum Gasteiger partial charge on any atom is -0.478 e. The molecule has 0 radical (unpaired) electrons. The van der Waals surface area contributed by atoms with E-state index in [0.717, 1.165) is 11.3 Å². The molecule has 0 aliphatic rings. The summed E-state index contributed by atoms with van der Waals surface area (Å²) >= 11 is 5.92. The first-order valence-electron chi connectivity index (χ1n) is 5.99. The SMILES string of the molecule is Cc1cc(Cl)ccc1-n1cc(C(=O)O)c(C(C)C)n1. The van der Waals surface area contributed by atoms with Crippen molar-refractivity contribution in [3.05, 3.63) is 46.2 Å². The van der Waals surface area contributed by atoms with Crippen molar-refractivity contribution in [1.29, 1.82) is 0 Å². The quantitative estimate of drug-likeness (QED) is 0.932. The Morgan fingerprint density at radius 1 is 1.42 bits per heavy atom. The Balaban J connectivity index is 2.57. The van der Waals surface area contributed by atoms with E-state index in [2.05, 4.69) is 5.10 Å². The van der Waals surface area contributed by atoms with Crippen LogP contribution < -0.4 is 0 Å². The maximum Gasteiger partial charge on any atom is 0.339 e. The maximum atomic E-state index is 11.2. The number of carboxylic acids is 1. The average Bonchev–Trinajstić information content (AvgIpc) is 2.73. The van der Waals surface area contributed by atoms with Crippen LogP contribution in [0.2, 0.25) is 5.02 Å². The average molecular weight is 279 g/mol. The number of carbonyl (C=O) groups is 1. The molecule has 0 saturated heterocycles. The van der Waals surface area contributed by atoms with Crippen LogP contribution in [0.15, 0.2) is 24.4 Å². The minimum atomic E-state index is -0.957. The molecule has 100 valence electrons. The van der Waals surface area contributed by atoms with Gasteiger partial charge in [0.2, 0.25) is 0 Å². The zero-order valence-corrected chi connectivity index (χ0v) is 11.8. The molecule has 0 spiro atoms. The topological polar surface area (TPSA) is 55.1 Å². The number of carboxylic acid groups (broad SMARTS) is 1. The predicted molar refractivity (Wildman–Crippen MR) is 74.4 cm³/mol. The summed E-state index contributed by atoms with van der Waals surface area (Å²) in [5.74, 6) is -0.901. The van der Waals surface area contributed by atoms with Gasteiger partial charge in [0, 0.05) is 11.2 Å². The summed E-state index contributed by atoms with van der Waals surface area (Å²) in [6.07, 6.45) is 1.55. The Kier molecular flexibility index (Phi) is 3.62. The third-order valence-corrected chi connectivity index (χ3v) is 3.16. The highest BCUT2D eigenvalue weighted by molar-refractivity contribution is 6.30. The van der Waals surface area contributed by atoms with Crippen molar-refractivity contribution in [2.45, 2.75) is 26.7 Å². The van der Waals surface area contributed by atoms with Crippen molar-refractivity contribution in [3.8, 4) is 5.69 Å². The van der Waals surface area contributed by atoms with E-state index in [1.54, 1.807) is 16.9 Å². The Morgan fingerprint density at radius 2 is 2.11 bits per heavy atom. The van der Waals surface area contributed by atoms with E-state index in [1.807, 2.05) is 32.9 Å². The highest BCUT2D eigenvalue weighted by Gasteiger charge is 2.19. The molecule has 0 amide bonds. The molecule has 1 heterocycles. The Morgan fingerprint density at radius 3 is 2.58 bits per heavy atom. The van der Waals surface area contributed by atoms with Crippen LogP contribution in [0.5, 0.6) is 0 Å². The molecule has 19 heavy (non-hydrogen) atoms. The van der Waals surface area contributed by atoms with Crippen LogP contribution in [0.3, 0.4) is 0 Å². The maximum absolute atomic E-state index is 11.2. The molecule has 0 bridgehead atoms. The smallest absolute Gasteiger partial charge is 0.339 e. The van der Waals surface area contributed by atoms with Gasteiger partial charge in [-0.2, -0.15) is 5.10 Å². The number of aryl methyl sites for hydroxylation is 1. The van der Waals surface area contributed by atoms with Crippen molar-refractivity contribution in [3.63, 3.8) is 0 Å². The number of hydrogen-bond acceptors (Lipinski definition) is 2. The van der Waals surface area contributed by atoms with Crippen molar-refractivity contribution in [2.24, 2.45) is 0 Å². The van der Waals surface area contributed by atoms with Crippen LogP contribution in [-0.2, 0) is 0 Å². The number of aromatic nitrogens is 2. The molecule has 0 saturated carbocycles. The van der Waals surface area contributed by atoms with E-state index in [1.165, 1.54) is 0 Å². The van der Waals surface area contributed by atoms with Crippen LogP contribution in [0, 0.1) is 6.92 Å². The zero-order valence-electron chi connectivity index (χ0n) is 11.0. The standard InChI is InChI=1S/C14H15ClN2O2/c1-8(2)13-11(14(18)19)7-17(16-13)12-5-4-10(15)6-9(12)3/h4-8H,1-3H3,(H,18,19). The molecule has 2 rings (SSSR count). The minimum absolute atomic E-state index is 0.0555. The van der Waals surface area contributed by atoms with Gasteiger partial charge in [0.1, 0.15) is 5.56 Å². The van der Waals surface area contributed by atoms with Gasteiger partial charge >= 0.3 is 5.97 Å². The number of rotatable bonds is 3. The summed E-state index contributed by atoms with van der Waals surface area (Å²) < 4.78 is 1.60. The largest absolute Gasteiger partial charge is 0.478 e. The van der Waals surface area contributed by atoms with E-state index in [-0.39, 0.29) is 11.5 Å². The molecule has 0 atom stereocenters. The fourth-order valence-electron chi connectivity index (χ4n) is 1.98. The summed E-state index contributed by atoms with van der Waals surface area (Å²) in [4.78, 5) is 11.2. The zero-order chi connectivity index (χ0) is 14.2. The lowest BCUT2D eigenvalue weighted by atomic mass is 10.1. The summed E-state index contributed by atoms with van der Waals surface area (Å²) in [6.45, 7) is 5.76. The number of benzene rings is 1. The summed E-state index contributed by atoms with van der Waals surface area (Å²) in [7, 11) is 0. The first-order chi connectivity index (χ1) is 8.90. The molecule has 0 aliphatic carbocycles. The monoisotopic (exact) mass is 278 g/mol. The van der Waals surface area contributed by atoms with E-state index in [4.69, 9.17) is 11.6 Å². The molecule has 0 fully saturated rings.